The third-order valence-electron chi connectivity index (χ3n) is 5.23. The maximum Gasteiger partial charge on any atom is 0.0810 e. The zero-order chi connectivity index (χ0) is 14.6. The Kier molecular flexibility index (Phi) is 5.53. The van der Waals surface area contributed by atoms with Crippen LogP contribution >= 0.6 is 0 Å². The molecule has 2 saturated carbocycles. The van der Waals surface area contributed by atoms with Crippen LogP contribution in [0, 0.1) is 11.3 Å². The van der Waals surface area contributed by atoms with Gasteiger partial charge in [0.2, 0.25) is 0 Å². The average Bonchev–Trinajstić information content (AvgIpc) is 2.35. The van der Waals surface area contributed by atoms with Crippen LogP contribution in [-0.4, -0.2) is 24.8 Å². The molecule has 0 aliphatic heterocycles. The van der Waals surface area contributed by atoms with Gasteiger partial charge in [-0.15, -0.1) is 0 Å². The molecule has 2 atom stereocenters. The minimum Gasteiger partial charge on any atom is -0.370 e. The number of hydrogen-bond acceptors (Lipinski definition) is 2. The van der Waals surface area contributed by atoms with Gasteiger partial charge in [-0.2, -0.15) is 0 Å². The maximum absolute atomic E-state index is 6.77. The smallest absolute Gasteiger partial charge is 0.0810 e. The second-order valence-electron chi connectivity index (χ2n) is 8.18. The van der Waals surface area contributed by atoms with E-state index in [4.69, 9.17) is 4.74 Å². The van der Waals surface area contributed by atoms with E-state index in [0.29, 0.717) is 11.5 Å². The Morgan fingerprint density at radius 3 is 2.40 bits per heavy atom. The van der Waals surface area contributed by atoms with Gasteiger partial charge in [0.25, 0.3) is 0 Å². The molecule has 0 aromatic heterocycles. The number of likely N-dealkylation sites (N-methyl/N-ethyl adjacent to an activating group) is 1. The Bertz CT molecular complexity index is 294. The van der Waals surface area contributed by atoms with E-state index in [1.165, 1.54) is 51.4 Å². The highest BCUT2D eigenvalue weighted by molar-refractivity contribution is 4.91. The lowest BCUT2D eigenvalue weighted by Gasteiger charge is -2.45. The van der Waals surface area contributed by atoms with E-state index in [9.17, 15) is 0 Å². The lowest BCUT2D eigenvalue weighted by molar-refractivity contribution is -0.140. The van der Waals surface area contributed by atoms with Gasteiger partial charge >= 0.3 is 0 Å². The second kappa shape index (κ2) is 6.79. The molecule has 0 spiro atoms. The summed E-state index contributed by atoms with van der Waals surface area (Å²) in [5.74, 6) is 0.809. The summed E-state index contributed by atoms with van der Waals surface area (Å²) in [6.07, 6.45) is 10.9. The van der Waals surface area contributed by atoms with E-state index in [1.54, 1.807) is 0 Å². The van der Waals surface area contributed by atoms with Crippen LogP contribution in [0.4, 0.5) is 0 Å². The zero-order valence-corrected chi connectivity index (χ0v) is 14.1. The van der Waals surface area contributed by atoms with Crippen LogP contribution in [0.2, 0.25) is 0 Å². The third kappa shape index (κ3) is 4.46. The first-order valence-corrected chi connectivity index (χ1v) is 8.83. The molecule has 0 bridgehead atoms. The molecule has 1 N–H and O–H groups in total. The van der Waals surface area contributed by atoms with Gasteiger partial charge in [0, 0.05) is 6.54 Å². The fourth-order valence-corrected chi connectivity index (χ4v) is 4.59. The Balaban J connectivity index is 1.99. The minimum absolute atomic E-state index is 0.131. The fourth-order valence-electron chi connectivity index (χ4n) is 4.59. The molecular weight excluding hydrogens is 246 g/mol. The van der Waals surface area contributed by atoms with Crippen LogP contribution in [-0.2, 0) is 4.74 Å². The van der Waals surface area contributed by atoms with E-state index in [1.807, 2.05) is 0 Å². The molecule has 0 aromatic rings. The maximum atomic E-state index is 6.77. The minimum atomic E-state index is 0.131. The molecule has 0 amide bonds. The molecule has 0 saturated heterocycles. The van der Waals surface area contributed by atoms with Gasteiger partial charge in [0.05, 0.1) is 11.7 Å². The molecular formula is C18H35NO. The standard InChI is InChI=1S/C18H35NO/c1-5-19-14-18(9-7-6-8-10-18)20-16-11-15(2)12-17(3,4)13-16/h15-16,19H,5-14H2,1-4H3. The van der Waals surface area contributed by atoms with Crippen LogP contribution in [0.5, 0.6) is 0 Å². The molecule has 2 aliphatic carbocycles. The molecule has 2 aliphatic rings. The van der Waals surface area contributed by atoms with Crippen molar-refractivity contribution in [2.75, 3.05) is 13.1 Å². The van der Waals surface area contributed by atoms with Crippen LogP contribution in [0.25, 0.3) is 0 Å². The molecule has 2 nitrogen and oxygen atoms in total. The first-order chi connectivity index (χ1) is 9.45. The predicted molar refractivity (Wildman–Crippen MR) is 86.0 cm³/mol. The summed E-state index contributed by atoms with van der Waals surface area (Å²) in [7, 11) is 0. The summed E-state index contributed by atoms with van der Waals surface area (Å²) in [4.78, 5) is 0. The number of rotatable bonds is 5. The Morgan fingerprint density at radius 2 is 1.80 bits per heavy atom. The Labute approximate surface area is 126 Å². The lowest BCUT2D eigenvalue weighted by atomic mass is 9.71. The van der Waals surface area contributed by atoms with Crippen molar-refractivity contribution in [2.24, 2.45) is 11.3 Å². The summed E-state index contributed by atoms with van der Waals surface area (Å²) in [6.45, 7) is 11.5. The monoisotopic (exact) mass is 281 g/mol. The van der Waals surface area contributed by atoms with E-state index >= 15 is 0 Å². The highest BCUT2D eigenvalue weighted by atomic mass is 16.5. The molecule has 2 unspecified atom stereocenters. The van der Waals surface area contributed by atoms with Crippen molar-refractivity contribution in [3.63, 3.8) is 0 Å². The van der Waals surface area contributed by atoms with Crippen molar-refractivity contribution in [1.29, 1.82) is 0 Å². The molecule has 2 rings (SSSR count). The van der Waals surface area contributed by atoms with Gasteiger partial charge in [0.15, 0.2) is 0 Å². The summed E-state index contributed by atoms with van der Waals surface area (Å²) < 4.78 is 6.77. The van der Waals surface area contributed by atoms with Crippen molar-refractivity contribution in [3.8, 4) is 0 Å². The van der Waals surface area contributed by atoms with Gasteiger partial charge < -0.3 is 10.1 Å². The van der Waals surface area contributed by atoms with Gasteiger partial charge in [-0.1, -0.05) is 47.0 Å². The molecule has 2 fully saturated rings. The van der Waals surface area contributed by atoms with Crippen molar-refractivity contribution >= 4 is 0 Å². The van der Waals surface area contributed by atoms with Crippen molar-refractivity contribution < 1.29 is 4.74 Å². The van der Waals surface area contributed by atoms with Crippen LogP contribution < -0.4 is 5.32 Å². The van der Waals surface area contributed by atoms with Crippen LogP contribution in [0.1, 0.15) is 79.1 Å². The summed E-state index contributed by atoms with van der Waals surface area (Å²) in [5, 5.41) is 3.56. The highest BCUT2D eigenvalue weighted by Gasteiger charge is 2.39. The van der Waals surface area contributed by atoms with E-state index in [2.05, 4.69) is 33.0 Å². The second-order valence-corrected chi connectivity index (χ2v) is 8.18. The summed E-state index contributed by atoms with van der Waals surface area (Å²) in [6, 6.07) is 0. The molecule has 0 heterocycles. The topological polar surface area (TPSA) is 21.3 Å². The first-order valence-electron chi connectivity index (χ1n) is 8.83. The van der Waals surface area contributed by atoms with Crippen LogP contribution in [0.3, 0.4) is 0 Å². The summed E-state index contributed by atoms with van der Waals surface area (Å²) in [5.41, 5.74) is 0.586. The fraction of sp³-hybridized carbons (Fsp3) is 1.00. The zero-order valence-electron chi connectivity index (χ0n) is 14.1. The SMILES string of the molecule is CCNCC1(OC2CC(C)CC(C)(C)C2)CCCCC1. The summed E-state index contributed by atoms with van der Waals surface area (Å²) >= 11 is 0. The Morgan fingerprint density at radius 1 is 1.10 bits per heavy atom. The number of ether oxygens (including phenoxy) is 1. The van der Waals surface area contributed by atoms with Crippen LogP contribution in [0.15, 0.2) is 0 Å². The van der Waals surface area contributed by atoms with E-state index in [0.717, 1.165) is 19.0 Å². The largest absolute Gasteiger partial charge is 0.370 e. The third-order valence-corrected chi connectivity index (χ3v) is 5.23. The van der Waals surface area contributed by atoms with Gasteiger partial charge in [-0.3, -0.25) is 0 Å². The molecule has 0 aromatic carbocycles. The van der Waals surface area contributed by atoms with Crippen molar-refractivity contribution in [1.82, 2.24) is 5.32 Å². The molecule has 0 radical (unpaired) electrons. The predicted octanol–water partition coefficient (Wildman–Crippen LogP) is 4.53. The first kappa shape index (κ1) is 16.3. The lowest BCUT2D eigenvalue weighted by Crippen LogP contribution is -2.48. The molecule has 20 heavy (non-hydrogen) atoms. The number of hydrogen-bond donors (Lipinski definition) is 1. The van der Waals surface area contributed by atoms with Crippen molar-refractivity contribution in [2.45, 2.75) is 90.8 Å². The van der Waals surface area contributed by atoms with Gasteiger partial charge in [-0.25, -0.2) is 0 Å². The quantitative estimate of drug-likeness (QED) is 0.799. The van der Waals surface area contributed by atoms with E-state index in [-0.39, 0.29) is 5.60 Å². The van der Waals surface area contributed by atoms with Gasteiger partial charge in [0.1, 0.15) is 0 Å². The normalized spacial score (nSPS) is 33.0. The molecule has 118 valence electrons. The average molecular weight is 281 g/mol. The van der Waals surface area contributed by atoms with Gasteiger partial charge in [-0.05, 0) is 50.0 Å². The van der Waals surface area contributed by atoms with Crippen molar-refractivity contribution in [3.05, 3.63) is 0 Å². The van der Waals surface area contributed by atoms with E-state index < -0.39 is 0 Å². The highest BCUT2D eigenvalue weighted by Crippen LogP contribution is 2.42. The molecule has 2 heteroatoms. The Hall–Kier alpha value is -0.0800. The number of nitrogens with one attached hydrogen (secondary N) is 1.